The smallest absolute Gasteiger partial charge is 0.271 e. The van der Waals surface area contributed by atoms with Crippen molar-refractivity contribution >= 4 is 23.2 Å². The molecule has 0 radical (unpaired) electrons. The largest absolute Gasteiger partial charge is 0.493 e. The highest BCUT2D eigenvalue weighted by molar-refractivity contribution is 6.30. The van der Waals surface area contributed by atoms with Crippen LogP contribution in [0.4, 0.5) is 5.69 Å². The quantitative estimate of drug-likeness (QED) is 0.533. The normalized spacial score (nSPS) is 11.5. The second-order valence-corrected chi connectivity index (χ2v) is 7.45. The Hall–Kier alpha value is -3.72. The molecule has 0 saturated heterocycles. The first-order valence-electron chi connectivity index (χ1n) is 9.91. The number of carbonyl (C=O) groups excluding carboxylic acids is 1. The summed E-state index contributed by atoms with van der Waals surface area (Å²) >= 11 is 6.07. The molecule has 33 heavy (non-hydrogen) atoms. The Labute approximate surface area is 195 Å². The first-order chi connectivity index (χ1) is 15.8. The molecule has 0 aliphatic carbocycles. The fourth-order valence-corrected chi connectivity index (χ4v) is 3.24. The molecule has 1 N–H and O–H groups in total. The van der Waals surface area contributed by atoms with Crippen molar-refractivity contribution in [1.29, 1.82) is 0 Å². The van der Waals surface area contributed by atoms with Crippen LogP contribution in [0.1, 0.15) is 12.5 Å². The molecule has 3 rings (SSSR count). The zero-order chi connectivity index (χ0) is 24.1. The van der Waals surface area contributed by atoms with E-state index in [4.69, 9.17) is 30.5 Å². The monoisotopic (exact) mass is 473 g/mol. The van der Waals surface area contributed by atoms with E-state index in [1.165, 1.54) is 38.1 Å². The van der Waals surface area contributed by atoms with Crippen LogP contribution >= 0.6 is 11.6 Å². The molecule has 0 fully saturated rings. The number of aryl methyl sites for hydroxylation is 1. The Morgan fingerprint density at radius 1 is 1.03 bits per heavy atom. The molecular formula is C23H24ClN3O6. The highest BCUT2D eigenvalue weighted by Gasteiger charge is 2.19. The molecule has 1 heterocycles. The zero-order valence-electron chi connectivity index (χ0n) is 18.8. The second kappa shape index (κ2) is 10.3. The summed E-state index contributed by atoms with van der Waals surface area (Å²) in [7, 11) is 4.46. The van der Waals surface area contributed by atoms with Crippen molar-refractivity contribution in [3.05, 3.63) is 63.4 Å². The number of rotatable bonds is 8. The van der Waals surface area contributed by atoms with Crippen LogP contribution in [0.5, 0.6) is 23.1 Å². The highest BCUT2D eigenvalue weighted by atomic mass is 35.5. The van der Waals surface area contributed by atoms with Gasteiger partial charge < -0.3 is 24.3 Å². The number of anilines is 1. The lowest BCUT2D eigenvalue weighted by molar-refractivity contribution is -0.122. The lowest BCUT2D eigenvalue weighted by atomic mass is 10.2. The van der Waals surface area contributed by atoms with Crippen LogP contribution in [-0.4, -0.2) is 43.1 Å². The van der Waals surface area contributed by atoms with Crippen molar-refractivity contribution in [3.63, 3.8) is 0 Å². The van der Waals surface area contributed by atoms with Gasteiger partial charge in [0.2, 0.25) is 11.6 Å². The zero-order valence-corrected chi connectivity index (χ0v) is 19.6. The maximum atomic E-state index is 12.7. The summed E-state index contributed by atoms with van der Waals surface area (Å²) < 4.78 is 22.8. The Morgan fingerprint density at radius 2 is 1.70 bits per heavy atom. The maximum absolute atomic E-state index is 12.7. The standard InChI is InChI=1S/C23H24ClN3O6/c1-13-6-7-15(24)10-17(13)27-21(28)9-8-20(26-27)33-14(2)23(29)25-16-11-18(30-3)22(32-5)19(12-16)31-4/h6-12,14H,1-5H3,(H,25,29)/t14-/m0/s1. The molecule has 0 aliphatic rings. The van der Waals surface area contributed by atoms with Gasteiger partial charge in [0.05, 0.1) is 27.0 Å². The fourth-order valence-electron chi connectivity index (χ4n) is 3.07. The third-order valence-electron chi connectivity index (χ3n) is 4.77. The van der Waals surface area contributed by atoms with Crippen molar-refractivity contribution in [3.8, 4) is 28.8 Å². The van der Waals surface area contributed by atoms with E-state index in [0.717, 1.165) is 5.56 Å². The van der Waals surface area contributed by atoms with Crippen LogP contribution in [0.2, 0.25) is 5.02 Å². The van der Waals surface area contributed by atoms with Crippen LogP contribution < -0.4 is 29.8 Å². The number of amides is 1. The summed E-state index contributed by atoms with van der Waals surface area (Å²) in [5, 5.41) is 7.45. The minimum Gasteiger partial charge on any atom is -0.493 e. The number of ether oxygens (including phenoxy) is 4. The SMILES string of the molecule is COc1cc(NC(=O)[C@H](C)Oc2ccc(=O)n(-c3cc(Cl)ccc3C)n2)cc(OC)c1OC. The molecule has 0 aliphatic heterocycles. The van der Waals surface area contributed by atoms with Gasteiger partial charge in [0.1, 0.15) is 0 Å². The summed E-state index contributed by atoms with van der Waals surface area (Å²) in [5.41, 5.74) is 1.39. The summed E-state index contributed by atoms with van der Waals surface area (Å²) in [4.78, 5) is 25.1. The molecule has 3 aromatic rings. The van der Waals surface area contributed by atoms with E-state index in [1.807, 2.05) is 6.92 Å². The van der Waals surface area contributed by atoms with Crippen molar-refractivity contribution < 1.29 is 23.7 Å². The van der Waals surface area contributed by atoms with Crippen LogP contribution in [0.3, 0.4) is 0 Å². The molecule has 10 heteroatoms. The molecule has 1 amide bonds. The molecule has 2 aromatic carbocycles. The third kappa shape index (κ3) is 5.38. The number of nitrogens with zero attached hydrogens (tertiary/aromatic N) is 2. The number of aromatic nitrogens is 2. The topological polar surface area (TPSA) is 101 Å². The van der Waals surface area contributed by atoms with Crippen molar-refractivity contribution in [2.75, 3.05) is 26.6 Å². The fraction of sp³-hybridized carbons (Fsp3) is 0.261. The number of nitrogens with one attached hydrogen (secondary N) is 1. The van der Waals surface area contributed by atoms with Crippen LogP contribution in [0.15, 0.2) is 47.3 Å². The average Bonchev–Trinajstić information content (AvgIpc) is 2.81. The predicted molar refractivity (Wildman–Crippen MR) is 124 cm³/mol. The summed E-state index contributed by atoms with van der Waals surface area (Å²) in [5.74, 6) is 0.854. The van der Waals surface area contributed by atoms with Gasteiger partial charge in [-0.2, -0.15) is 4.68 Å². The van der Waals surface area contributed by atoms with Gasteiger partial charge >= 0.3 is 0 Å². The van der Waals surface area contributed by atoms with Gasteiger partial charge in [-0.15, -0.1) is 5.10 Å². The molecule has 9 nitrogen and oxygen atoms in total. The van der Waals surface area contributed by atoms with Gasteiger partial charge in [0, 0.05) is 35.0 Å². The Kier molecular flexibility index (Phi) is 7.44. The Morgan fingerprint density at radius 3 is 2.30 bits per heavy atom. The predicted octanol–water partition coefficient (Wildman–Crippen LogP) is 3.63. The minimum absolute atomic E-state index is 0.0986. The first kappa shape index (κ1) is 23.9. The van der Waals surface area contributed by atoms with Crippen molar-refractivity contribution in [2.24, 2.45) is 0 Å². The van der Waals surface area contributed by atoms with E-state index in [2.05, 4.69) is 10.4 Å². The molecule has 1 aromatic heterocycles. The van der Waals surface area contributed by atoms with Gasteiger partial charge in [-0.3, -0.25) is 9.59 Å². The van der Waals surface area contributed by atoms with Crippen molar-refractivity contribution in [1.82, 2.24) is 9.78 Å². The minimum atomic E-state index is -0.928. The highest BCUT2D eigenvalue weighted by Crippen LogP contribution is 2.40. The number of hydrogen-bond donors (Lipinski definition) is 1. The average molecular weight is 474 g/mol. The molecular weight excluding hydrogens is 450 g/mol. The van der Waals surface area contributed by atoms with Crippen LogP contribution in [-0.2, 0) is 4.79 Å². The van der Waals surface area contributed by atoms with E-state index < -0.39 is 12.0 Å². The third-order valence-corrected chi connectivity index (χ3v) is 5.01. The molecule has 0 bridgehead atoms. The van der Waals surface area contributed by atoms with Gasteiger partial charge in [-0.1, -0.05) is 17.7 Å². The number of hydrogen-bond acceptors (Lipinski definition) is 7. The second-order valence-electron chi connectivity index (χ2n) is 7.02. The Bertz CT molecular complexity index is 1200. The summed E-state index contributed by atoms with van der Waals surface area (Å²) in [6.45, 7) is 3.40. The number of methoxy groups -OCH3 is 3. The van der Waals surface area contributed by atoms with Gasteiger partial charge in [-0.25, -0.2) is 0 Å². The summed E-state index contributed by atoms with van der Waals surface area (Å²) in [6, 6.07) is 11.1. The van der Waals surface area contributed by atoms with Crippen LogP contribution in [0, 0.1) is 6.92 Å². The number of carbonyl (C=O) groups is 1. The molecule has 0 spiro atoms. The number of benzene rings is 2. The molecule has 0 saturated carbocycles. The van der Waals surface area contributed by atoms with E-state index in [1.54, 1.807) is 37.3 Å². The molecule has 1 atom stereocenters. The van der Waals surface area contributed by atoms with E-state index in [9.17, 15) is 9.59 Å². The van der Waals surface area contributed by atoms with Crippen LogP contribution in [0.25, 0.3) is 5.69 Å². The summed E-state index contributed by atoms with van der Waals surface area (Å²) in [6.07, 6.45) is -0.928. The lowest BCUT2D eigenvalue weighted by Crippen LogP contribution is -2.31. The van der Waals surface area contributed by atoms with E-state index in [0.29, 0.717) is 33.6 Å². The van der Waals surface area contributed by atoms with Gasteiger partial charge in [0.15, 0.2) is 17.6 Å². The van der Waals surface area contributed by atoms with E-state index >= 15 is 0 Å². The maximum Gasteiger partial charge on any atom is 0.271 e. The Balaban J connectivity index is 1.81. The van der Waals surface area contributed by atoms with Gasteiger partial charge in [0.25, 0.3) is 11.5 Å². The number of halogens is 1. The molecule has 0 unspecified atom stereocenters. The lowest BCUT2D eigenvalue weighted by Gasteiger charge is -2.17. The first-order valence-corrected chi connectivity index (χ1v) is 10.3. The molecule has 174 valence electrons. The van der Waals surface area contributed by atoms with Crippen molar-refractivity contribution in [2.45, 2.75) is 20.0 Å². The van der Waals surface area contributed by atoms with E-state index in [-0.39, 0.29) is 11.4 Å². The van der Waals surface area contributed by atoms with Gasteiger partial charge in [-0.05, 0) is 31.5 Å².